The third kappa shape index (κ3) is 2.39. The zero-order valence-electron chi connectivity index (χ0n) is 9.43. The molecule has 2 fully saturated rings. The van der Waals surface area contributed by atoms with E-state index in [1.807, 2.05) is 0 Å². The third-order valence-corrected chi connectivity index (χ3v) is 3.53. The summed E-state index contributed by atoms with van der Waals surface area (Å²) in [5.41, 5.74) is 0. The van der Waals surface area contributed by atoms with Crippen LogP contribution in [-0.4, -0.2) is 53.0 Å². The number of amides is 1. The van der Waals surface area contributed by atoms with Crippen molar-refractivity contribution in [2.24, 2.45) is 0 Å². The number of piperidine rings is 1. The largest absolute Gasteiger partial charge is 0.475 e. The van der Waals surface area contributed by atoms with Crippen LogP contribution in [0.15, 0.2) is 0 Å². The van der Waals surface area contributed by atoms with Crippen molar-refractivity contribution >= 4 is 13.0 Å². The monoisotopic (exact) mass is 226 g/mol. The first-order valence-corrected chi connectivity index (χ1v) is 6.10. The Balaban J connectivity index is 1.97. The molecule has 0 bridgehead atoms. The van der Waals surface area contributed by atoms with Gasteiger partial charge < -0.3 is 20.3 Å². The van der Waals surface area contributed by atoms with Crippen molar-refractivity contribution in [2.45, 2.75) is 44.1 Å². The van der Waals surface area contributed by atoms with Crippen LogP contribution in [0, 0.1) is 0 Å². The van der Waals surface area contributed by atoms with Gasteiger partial charge in [0.05, 0.1) is 12.0 Å². The molecule has 1 amide bonds. The normalized spacial score (nSPS) is 30.5. The van der Waals surface area contributed by atoms with Gasteiger partial charge in [0, 0.05) is 6.54 Å². The first-order valence-electron chi connectivity index (χ1n) is 6.10. The van der Waals surface area contributed by atoms with E-state index in [1.54, 1.807) is 4.90 Å². The summed E-state index contributed by atoms with van der Waals surface area (Å²) in [4.78, 5) is 13.8. The molecule has 2 aliphatic heterocycles. The minimum absolute atomic E-state index is 0.0373. The molecule has 2 saturated heterocycles. The Hall–Kier alpha value is -0.585. The van der Waals surface area contributed by atoms with E-state index in [-0.39, 0.29) is 11.9 Å². The number of likely N-dealkylation sites (tertiary alicyclic amines) is 1. The fourth-order valence-electron chi connectivity index (χ4n) is 2.64. The molecule has 2 heterocycles. The quantitative estimate of drug-likeness (QED) is 0.535. The maximum absolute atomic E-state index is 12.2. The molecular weight excluding hydrogens is 207 g/mol. The van der Waals surface area contributed by atoms with Gasteiger partial charge in [0.1, 0.15) is 0 Å². The second-order valence-corrected chi connectivity index (χ2v) is 4.66. The van der Waals surface area contributed by atoms with Crippen molar-refractivity contribution in [3.8, 4) is 0 Å². The lowest BCUT2D eigenvalue weighted by Gasteiger charge is -2.30. The van der Waals surface area contributed by atoms with Gasteiger partial charge in [0.15, 0.2) is 0 Å². The van der Waals surface area contributed by atoms with Crippen LogP contribution in [0.25, 0.3) is 0 Å². The molecule has 0 aromatic heterocycles. The second-order valence-electron chi connectivity index (χ2n) is 4.66. The average molecular weight is 226 g/mol. The summed E-state index contributed by atoms with van der Waals surface area (Å²) < 4.78 is 0. The minimum atomic E-state index is -1.41. The summed E-state index contributed by atoms with van der Waals surface area (Å²) in [6.45, 7) is 1.54. The van der Waals surface area contributed by atoms with Gasteiger partial charge >= 0.3 is 7.12 Å². The summed E-state index contributed by atoms with van der Waals surface area (Å²) in [6.07, 6.45) is 4.61. The highest BCUT2D eigenvalue weighted by atomic mass is 16.4. The molecule has 3 N–H and O–H groups in total. The highest BCUT2D eigenvalue weighted by Gasteiger charge is 2.39. The Morgan fingerprint density at radius 1 is 1.25 bits per heavy atom. The van der Waals surface area contributed by atoms with Crippen LogP contribution >= 0.6 is 0 Å². The van der Waals surface area contributed by atoms with E-state index in [2.05, 4.69) is 5.32 Å². The zero-order chi connectivity index (χ0) is 11.5. The molecule has 2 rings (SSSR count). The molecule has 0 radical (unpaired) electrons. The van der Waals surface area contributed by atoms with E-state index in [0.29, 0.717) is 13.0 Å². The van der Waals surface area contributed by atoms with E-state index in [0.717, 1.165) is 32.2 Å². The molecule has 2 atom stereocenters. The summed E-state index contributed by atoms with van der Waals surface area (Å²) in [5.74, 6) is -0.369. The first kappa shape index (κ1) is 11.9. The van der Waals surface area contributed by atoms with Crippen LogP contribution in [0.4, 0.5) is 0 Å². The van der Waals surface area contributed by atoms with Gasteiger partial charge in [-0.3, -0.25) is 4.79 Å². The van der Waals surface area contributed by atoms with Gasteiger partial charge in [-0.1, -0.05) is 6.42 Å². The lowest BCUT2D eigenvalue weighted by molar-refractivity contribution is -0.134. The molecule has 16 heavy (non-hydrogen) atoms. The molecule has 6 heteroatoms. The Morgan fingerprint density at radius 2 is 2.06 bits per heavy atom. The zero-order valence-corrected chi connectivity index (χ0v) is 9.43. The van der Waals surface area contributed by atoms with Crippen LogP contribution in [0.2, 0.25) is 0 Å². The topological polar surface area (TPSA) is 72.8 Å². The summed E-state index contributed by atoms with van der Waals surface area (Å²) >= 11 is 0. The van der Waals surface area contributed by atoms with Crippen LogP contribution < -0.4 is 5.32 Å². The molecule has 0 saturated carbocycles. The number of rotatable bonds is 2. The maximum Gasteiger partial charge on any atom is 0.475 e. The van der Waals surface area contributed by atoms with Crippen LogP contribution in [0.3, 0.4) is 0 Å². The van der Waals surface area contributed by atoms with Gasteiger partial charge in [-0.25, -0.2) is 0 Å². The Bertz CT molecular complexity index is 256. The lowest BCUT2D eigenvalue weighted by atomic mass is 9.77. The molecule has 0 aromatic rings. The molecule has 0 spiro atoms. The average Bonchev–Trinajstić information content (AvgIpc) is 2.78. The molecular formula is C10H19BN2O3. The second kappa shape index (κ2) is 5.16. The predicted octanol–water partition coefficient (Wildman–Crippen LogP) is -0.868. The molecule has 2 unspecified atom stereocenters. The van der Waals surface area contributed by atoms with Gasteiger partial charge in [-0.2, -0.15) is 0 Å². The Labute approximate surface area is 96.0 Å². The van der Waals surface area contributed by atoms with Crippen LogP contribution in [0.5, 0.6) is 0 Å². The summed E-state index contributed by atoms with van der Waals surface area (Å²) in [6, 6.07) is -0.118. The van der Waals surface area contributed by atoms with Crippen LogP contribution in [-0.2, 0) is 4.79 Å². The number of carbonyl (C=O) groups is 1. The van der Waals surface area contributed by atoms with Gasteiger partial charge in [-0.15, -0.1) is 0 Å². The summed E-state index contributed by atoms with van der Waals surface area (Å²) in [7, 11) is -1.41. The Morgan fingerprint density at radius 3 is 2.69 bits per heavy atom. The summed E-state index contributed by atoms with van der Waals surface area (Å²) in [5, 5.41) is 21.6. The van der Waals surface area contributed by atoms with Crippen molar-refractivity contribution < 1.29 is 14.8 Å². The molecule has 0 aromatic carbocycles. The van der Waals surface area contributed by atoms with E-state index < -0.39 is 13.1 Å². The van der Waals surface area contributed by atoms with Crippen molar-refractivity contribution in [1.82, 2.24) is 10.2 Å². The van der Waals surface area contributed by atoms with Crippen LogP contribution in [0.1, 0.15) is 32.1 Å². The number of hydrogen-bond donors (Lipinski definition) is 3. The first-order chi connectivity index (χ1) is 7.70. The molecule has 90 valence electrons. The fourth-order valence-corrected chi connectivity index (χ4v) is 2.64. The highest BCUT2D eigenvalue weighted by molar-refractivity contribution is 6.43. The lowest BCUT2D eigenvalue weighted by Crippen LogP contribution is -2.53. The number of carbonyl (C=O) groups excluding carboxylic acids is 1. The van der Waals surface area contributed by atoms with E-state index in [1.165, 1.54) is 0 Å². The van der Waals surface area contributed by atoms with E-state index in [4.69, 9.17) is 0 Å². The van der Waals surface area contributed by atoms with E-state index in [9.17, 15) is 14.8 Å². The molecule has 2 aliphatic rings. The molecule has 5 nitrogen and oxygen atoms in total. The Kier molecular flexibility index (Phi) is 3.84. The van der Waals surface area contributed by atoms with Crippen molar-refractivity contribution in [3.05, 3.63) is 0 Å². The van der Waals surface area contributed by atoms with Crippen molar-refractivity contribution in [2.75, 3.05) is 13.1 Å². The predicted molar refractivity (Wildman–Crippen MR) is 60.6 cm³/mol. The number of nitrogens with one attached hydrogen (secondary N) is 1. The fraction of sp³-hybridized carbons (Fsp3) is 0.900. The number of nitrogens with zero attached hydrogens (tertiary/aromatic N) is 1. The molecule has 0 aliphatic carbocycles. The third-order valence-electron chi connectivity index (χ3n) is 3.53. The number of hydrogen-bond acceptors (Lipinski definition) is 4. The van der Waals surface area contributed by atoms with Gasteiger partial charge in [0.2, 0.25) is 5.91 Å². The SMILES string of the molecule is O=C(C1CCCCN1)N1CCCC1B(O)O. The standard InChI is InChI=1S/C10H19BN2O3/c14-10(8-4-1-2-6-12-8)13-7-3-5-9(13)11(15)16/h8-9,12,15-16H,1-7H2. The van der Waals surface area contributed by atoms with E-state index >= 15 is 0 Å². The highest BCUT2D eigenvalue weighted by Crippen LogP contribution is 2.21. The van der Waals surface area contributed by atoms with Crippen molar-refractivity contribution in [3.63, 3.8) is 0 Å². The minimum Gasteiger partial charge on any atom is -0.426 e. The van der Waals surface area contributed by atoms with Gasteiger partial charge in [-0.05, 0) is 32.2 Å². The van der Waals surface area contributed by atoms with Crippen molar-refractivity contribution in [1.29, 1.82) is 0 Å². The smallest absolute Gasteiger partial charge is 0.426 e. The maximum atomic E-state index is 12.2. The van der Waals surface area contributed by atoms with Gasteiger partial charge in [0.25, 0.3) is 0 Å².